The second kappa shape index (κ2) is 7.32. The Bertz CT molecular complexity index is 682. The Morgan fingerprint density at radius 2 is 2.22 bits per heavy atom. The first-order chi connectivity index (χ1) is 11.2. The third-order valence-corrected chi connectivity index (χ3v) is 5.21. The zero-order valence-corrected chi connectivity index (χ0v) is 14.6. The number of Topliss-reactive ketones (excluding diaryl/α,β-unsaturated/α-hetero) is 1. The van der Waals surface area contributed by atoms with E-state index >= 15 is 0 Å². The summed E-state index contributed by atoms with van der Waals surface area (Å²) < 4.78 is 1.83. The lowest BCUT2D eigenvalue weighted by atomic mass is 9.90. The lowest BCUT2D eigenvalue weighted by Gasteiger charge is -2.31. The first kappa shape index (κ1) is 16.3. The van der Waals surface area contributed by atoms with E-state index < -0.39 is 0 Å². The van der Waals surface area contributed by atoms with Gasteiger partial charge in [-0.25, -0.2) is 0 Å². The summed E-state index contributed by atoms with van der Waals surface area (Å²) in [4.78, 5) is 16.4. The maximum Gasteiger partial charge on any atom is 0.168 e. The van der Waals surface area contributed by atoms with Crippen LogP contribution in [0, 0.1) is 5.92 Å². The molecule has 1 aliphatic heterocycles. The molecule has 1 aromatic heterocycles. The first-order valence-corrected chi connectivity index (χ1v) is 9.27. The molecule has 0 amide bonds. The Morgan fingerprint density at radius 1 is 1.39 bits per heavy atom. The summed E-state index contributed by atoms with van der Waals surface area (Å²) in [6.07, 6.45) is 8.06. The minimum Gasteiger partial charge on any atom is -0.298 e. The summed E-state index contributed by atoms with van der Waals surface area (Å²) in [7, 11) is 1.94. The van der Waals surface area contributed by atoms with Gasteiger partial charge in [0.25, 0.3) is 0 Å². The molecule has 0 aliphatic carbocycles. The van der Waals surface area contributed by atoms with Crippen LogP contribution in [0.3, 0.4) is 0 Å². The van der Waals surface area contributed by atoms with Gasteiger partial charge < -0.3 is 0 Å². The van der Waals surface area contributed by atoms with Crippen LogP contribution in [0.1, 0.15) is 28.8 Å². The molecule has 2 aromatic rings. The van der Waals surface area contributed by atoms with Gasteiger partial charge in [0.2, 0.25) is 0 Å². The van der Waals surface area contributed by atoms with Crippen LogP contribution in [0.25, 0.3) is 0 Å². The van der Waals surface area contributed by atoms with Crippen LogP contribution in [0.2, 0.25) is 0 Å². The summed E-state index contributed by atoms with van der Waals surface area (Å²) in [6, 6.07) is 7.96. The quantitative estimate of drug-likeness (QED) is 0.623. The number of rotatable bonds is 5. The number of likely N-dealkylation sites (tertiary alicyclic amines) is 1. The lowest BCUT2D eigenvalue weighted by molar-refractivity contribution is 0.0808. The van der Waals surface area contributed by atoms with Crippen LogP contribution in [-0.4, -0.2) is 39.8 Å². The minimum absolute atomic E-state index is 0.105. The van der Waals surface area contributed by atoms with Crippen molar-refractivity contribution in [2.45, 2.75) is 24.3 Å². The van der Waals surface area contributed by atoms with Crippen molar-refractivity contribution in [1.82, 2.24) is 14.7 Å². The molecule has 0 radical (unpaired) electrons. The Balaban J connectivity index is 1.69. The Morgan fingerprint density at radius 3 is 2.96 bits per heavy atom. The van der Waals surface area contributed by atoms with Gasteiger partial charge in [-0.05, 0) is 31.7 Å². The number of nitrogens with zero attached hydrogens (tertiary/aromatic N) is 3. The van der Waals surface area contributed by atoms with Crippen molar-refractivity contribution in [3.63, 3.8) is 0 Å². The van der Waals surface area contributed by atoms with Crippen LogP contribution < -0.4 is 0 Å². The predicted octanol–water partition coefficient (Wildman–Crippen LogP) is 3.24. The summed E-state index contributed by atoms with van der Waals surface area (Å²) >= 11 is 1.65. The number of aromatic nitrogens is 2. The van der Waals surface area contributed by atoms with Crippen molar-refractivity contribution >= 4 is 17.5 Å². The molecule has 1 saturated heterocycles. The third-order valence-electron chi connectivity index (χ3n) is 4.41. The number of benzene rings is 1. The summed E-state index contributed by atoms with van der Waals surface area (Å²) in [5, 5.41) is 4.23. The van der Waals surface area contributed by atoms with Crippen molar-refractivity contribution in [3.05, 3.63) is 47.8 Å². The zero-order chi connectivity index (χ0) is 16.2. The number of ketones is 1. The van der Waals surface area contributed by atoms with E-state index in [0.717, 1.165) is 42.9 Å². The van der Waals surface area contributed by atoms with Crippen LogP contribution in [-0.2, 0) is 13.6 Å². The molecule has 0 saturated carbocycles. The highest BCUT2D eigenvalue weighted by molar-refractivity contribution is 7.98. The summed E-state index contributed by atoms with van der Waals surface area (Å²) in [6.45, 7) is 2.78. The number of piperidine rings is 1. The highest BCUT2D eigenvalue weighted by Gasteiger charge is 2.27. The number of carbonyl (C=O) groups is 1. The van der Waals surface area contributed by atoms with Gasteiger partial charge in [-0.2, -0.15) is 5.10 Å². The fourth-order valence-corrected chi connectivity index (χ4v) is 3.90. The van der Waals surface area contributed by atoms with Gasteiger partial charge in [0.05, 0.1) is 6.20 Å². The third kappa shape index (κ3) is 3.85. The molecule has 0 N–H and O–H groups in total. The molecule has 5 heteroatoms. The topological polar surface area (TPSA) is 38.1 Å². The summed E-state index contributed by atoms with van der Waals surface area (Å²) in [5.41, 5.74) is 2.10. The van der Waals surface area contributed by atoms with Crippen molar-refractivity contribution in [1.29, 1.82) is 0 Å². The van der Waals surface area contributed by atoms with E-state index in [1.165, 1.54) is 5.56 Å². The second-order valence-corrected chi connectivity index (χ2v) is 7.01. The molecule has 1 atom stereocenters. The van der Waals surface area contributed by atoms with Gasteiger partial charge in [0.15, 0.2) is 5.78 Å². The van der Waals surface area contributed by atoms with Gasteiger partial charge in [-0.3, -0.25) is 14.4 Å². The molecule has 3 rings (SSSR count). The second-order valence-electron chi connectivity index (χ2n) is 6.16. The van der Waals surface area contributed by atoms with E-state index in [0.29, 0.717) is 5.78 Å². The average molecular weight is 329 g/mol. The molecule has 1 fully saturated rings. The molecular formula is C18H23N3OS. The van der Waals surface area contributed by atoms with E-state index in [4.69, 9.17) is 0 Å². The first-order valence-electron chi connectivity index (χ1n) is 8.04. The van der Waals surface area contributed by atoms with Gasteiger partial charge in [-0.1, -0.05) is 18.2 Å². The smallest absolute Gasteiger partial charge is 0.168 e. The minimum atomic E-state index is 0.105. The molecule has 0 spiro atoms. The largest absolute Gasteiger partial charge is 0.298 e. The van der Waals surface area contributed by atoms with Crippen molar-refractivity contribution < 1.29 is 4.79 Å². The Labute approximate surface area is 141 Å². The number of hydrogen-bond acceptors (Lipinski definition) is 4. The highest BCUT2D eigenvalue weighted by Crippen LogP contribution is 2.27. The molecule has 1 aliphatic rings. The zero-order valence-electron chi connectivity index (χ0n) is 13.7. The molecule has 0 unspecified atom stereocenters. The van der Waals surface area contributed by atoms with Gasteiger partial charge in [0, 0.05) is 48.3 Å². The van der Waals surface area contributed by atoms with E-state index in [9.17, 15) is 4.79 Å². The summed E-state index contributed by atoms with van der Waals surface area (Å²) in [5.74, 6) is 0.402. The molecule has 0 bridgehead atoms. The Kier molecular flexibility index (Phi) is 5.18. The van der Waals surface area contributed by atoms with E-state index in [1.54, 1.807) is 11.8 Å². The SMILES string of the molecule is CSc1ccccc1C(=O)[C@H]1CCCN(Cc2cnn(C)c2)C1. The number of carbonyl (C=O) groups excluding carboxylic acids is 1. The van der Waals surface area contributed by atoms with Crippen molar-refractivity contribution in [3.8, 4) is 0 Å². The van der Waals surface area contributed by atoms with Crippen LogP contribution >= 0.6 is 11.8 Å². The number of thioether (sulfide) groups is 1. The maximum atomic E-state index is 12.9. The number of hydrogen-bond donors (Lipinski definition) is 0. The molecule has 2 heterocycles. The fourth-order valence-electron chi connectivity index (χ4n) is 3.29. The average Bonchev–Trinajstić information content (AvgIpc) is 2.99. The normalized spacial score (nSPS) is 19.0. The number of aryl methyl sites for hydroxylation is 1. The van der Waals surface area contributed by atoms with Crippen LogP contribution in [0.15, 0.2) is 41.6 Å². The van der Waals surface area contributed by atoms with E-state index in [1.807, 2.05) is 48.4 Å². The molecule has 122 valence electrons. The van der Waals surface area contributed by atoms with Crippen molar-refractivity contribution in [2.24, 2.45) is 13.0 Å². The van der Waals surface area contributed by atoms with Gasteiger partial charge in [-0.15, -0.1) is 11.8 Å². The predicted molar refractivity (Wildman–Crippen MR) is 93.8 cm³/mol. The monoisotopic (exact) mass is 329 g/mol. The lowest BCUT2D eigenvalue weighted by Crippen LogP contribution is -2.38. The van der Waals surface area contributed by atoms with E-state index in [-0.39, 0.29) is 5.92 Å². The molecule has 1 aromatic carbocycles. The van der Waals surface area contributed by atoms with E-state index in [2.05, 4.69) is 16.2 Å². The highest BCUT2D eigenvalue weighted by atomic mass is 32.2. The van der Waals surface area contributed by atoms with Crippen LogP contribution in [0.4, 0.5) is 0 Å². The molecule has 23 heavy (non-hydrogen) atoms. The Hall–Kier alpha value is -1.59. The fraction of sp³-hybridized carbons (Fsp3) is 0.444. The molecule has 4 nitrogen and oxygen atoms in total. The van der Waals surface area contributed by atoms with Gasteiger partial charge in [0.1, 0.15) is 0 Å². The van der Waals surface area contributed by atoms with Gasteiger partial charge >= 0.3 is 0 Å². The van der Waals surface area contributed by atoms with Crippen LogP contribution in [0.5, 0.6) is 0 Å². The van der Waals surface area contributed by atoms with Crippen molar-refractivity contribution in [2.75, 3.05) is 19.3 Å². The molecular weight excluding hydrogens is 306 g/mol. The standard InChI is InChI=1S/C18H23N3OS/c1-20-11-14(10-19-20)12-21-9-5-6-15(13-21)18(22)16-7-3-4-8-17(16)23-2/h3-4,7-8,10-11,15H,5-6,9,12-13H2,1-2H3/t15-/m0/s1. The maximum absolute atomic E-state index is 12.9.